The minimum Gasteiger partial charge on any atom is -0.497 e. The first-order chi connectivity index (χ1) is 20.9. The molecule has 0 radical (unpaired) electrons. The van der Waals surface area contributed by atoms with Gasteiger partial charge in [0.2, 0.25) is 0 Å². The van der Waals surface area contributed by atoms with Gasteiger partial charge in [-0.2, -0.15) is 0 Å². The molecule has 0 bridgehead atoms. The normalized spacial score (nSPS) is 11.8. The third-order valence-corrected chi connectivity index (χ3v) is 7.92. The second kappa shape index (κ2) is 13.9. The molecule has 0 saturated heterocycles. The Morgan fingerprint density at radius 3 is 2.56 bits per heavy atom. The molecule has 0 fully saturated rings. The molecule has 0 aliphatic heterocycles. The van der Waals surface area contributed by atoms with Crippen molar-refractivity contribution in [2.75, 3.05) is 13.7 Å². The molecule has 0 saturated carbocycles. The fourth-order valence-corrected chi connectivity index (χ4v) is 5.21. The lowest BCUT2D eigenvalue weighted by molar-refractivity contribution is -0.140. The molecule has 5 aromatic rings. The van der Waals surface area contributed by atoms with E-state index >= 15 is 0 Å². The lowest BCUT2D eigenvalue weighted by Crippen LogP contribution is -2.39. The zero-order chi connectivity index (χ0) is 30.3. The van der Waals surface area contributed by atoms with E-state index in [-0.39, 0.29) is 19.8 Å². The average molecular weight is 669 g/mol. The summed E-state index contributed by atoms with van der Waals surface area (Å²) >= 11 is 10.4. The van der Waals surface area contributed by atoms with Crippen LogP contribution in [0, 0.1) is 0 Å². The van der Waals surface area contributed by atoms with E-state index in [1.54, 1.807) is 31.4 Å². The molecule has 1 aromatic heterocycles. The van der Waals surface area contributed by atoms with Crippen LogP contribution < -0.4 is 19.5 Å². The van der Waals surface area contributed by atoms with Gasteiger partial charge in [-0.1, -0.05) is 48.0 Å². The van der Waals surface area contributed by atoms with Gasteiger partial charge in [-0.05, 0) is 73.3 Å². The molecule has 0 unspecified atom stereocenters. The Balaban J connectivity index is 1.38. The zero-order valence-corrected chi connectivity index (χ0v) is 25.3. The van der Waals surface area contributed by atoms with Gasteiger partial charge in [0.25, 0.3) is 0 Å². The highest BCUT2D eigenvalue weighted by Crippen LogP contribution is 2.36. The molecule has 0 aliphatic carbocycles. The molecule has 222 valence electrons. The predicted octanol–water partition coefficient (Wildman–Crippen LogP) is 6.01. The van der Waals surface area contributed by atoms with Crippen LogP contribution in [0.3, 0.4) is 0 Å². The Morgan fingerprint density at radius 2 is 1.77 bits per heavy atom. The molecule has 3 N–H and O–H groups in total. The molecule has 5 rings (SSSR count). The van der Waals surface area contributed by atoms with Gasteiger partial charge in [0.15, 0.2) is 0 Å². The number of aromatic nitrogens is 2. The van der Waals surface area contributed by atoms with Gasteiger partial charge in [0.05, 0.1) is 18.7 Å². The number of aliphatic carboxylic acids is 1. The highest BCUT2D eigenvalue weighted by atomic mass is 79.9. The summed E-state index contributed by atoms with van der Waals surface area (Å²) in [7, 11) is 1.63. The number of nitrogens with one attached hydrogen (secondary N) is 1. The van der Waals surface area contributed by atoms with Gasteiger partial charge in [0, 0.05) is 28.2 Å². The molecule has 12 heteroatoms. The first-order valence-corrected chi connectivity index (χ1v) is 14.3. The van der Waals surface area contributed by atoms with Crippen molar-refractivity contribution in [3.8, 4) is 28.4 Å². The van der Waals surface area contributed by atoms with Crippen molar-refractivity contribution in [3.05, 3.63) is 99.0 Å². The van der Waals surface area contributed by atoms with Crippen molar-refractivity contribution >= 4 is 44.5 Å². The summed E-state index contributed by atoms with van der Waals surface area (Å²) in [6, 6.07) is 21.3. The maximum absolute atomic E-state index is 11.4. The summed E-state index contributed by atoms with van der Waals surface area (Å²) in [5.74, 6) is 0.391. The summed E-state index contributed by atoms with van der Waals surface area (Å²) in [5, 5.41) is 29.6. The number of aliphatic hydroxyl groups is 1. The number of halogens is 2. The van der Waals surface area contributed by atoms with E-state index in [0.717, 1.165) is 32.5 Å². The minimum absolute atomic E-state index is 0.0766. The molecule has 43 heavy (non-hydrogen) atoms. The van der Waals surface area contributed by atoms with Crippen LogP contribution in [0.4, 0.5) is 0 Å². The van der Waals surface area contributed by atoms with Crippen LogP contribution in [-0.2, 0) is 24.6 Å². The van der Waals surface area contributed by atoms with E-state index in [2.05, 4.69) is 31.6 Å². The Morgan fingerprint density at radius 1 is 0.977 bits per heavy atom. The topological polar surface area (TPSA) is 136 Å². The molecule has 0 spiro atoms. The van der Waals surface area contributed by atoms with E-state index < -0.39 is 18.6 Å². The van der Waals surface area contributed by atoms with E-state index in [1.165, 1.54) is 0 Å². The summed E-state index contributed by atoms with van der Waals surface area (Å²) in [6.45, 7) is -0.118. The predicted molar refractivity (Wildman–Crippen MR) is 163 cm³/mol. The largest absolute Gasteiger partial charge is 0.497 e. The number of hydrogen-bond donors (Lipinski definition) is 3. The molecule has 1 atom stereocenters. The van der Waals surface area contributed by atoms with Crippen molar-refractivity contribution in [1.29, 1.82) is 0 Å². The van der Waals surface area contributed by atoms with Crippen molar-refractivity contribution in [3.63, 3.8) is 0 Å². The molecule has 1 heterocycles. The van der Waals surface area contributed by atoms with E-state index in [4.69, 9.17) is 30.4 Å². The van der Waals surface area contributed by atoms with E-state index in [0.29, 0.717) is 33.1 Å². The lowest BCUT2D eigenvalue weighted by Gasteiger charge is -2.18. The summed E-state index contributed by atoms with van der Waals surface area (Å²) in [5.41, 5.74) is 5.48. The number of hydrogen-bond acceptors (Lipinski definition) is 9. The Kier molecular flexibility index (Phi) is 9.78. The van der Waals surface area contributed by atoms with Gasteiger partial charge in [-0.15, -0.1) is 0 Å². The highest BCUT2D eigenvalue weighted by molar-refractivity contribution is 9.10. The Hall–Kier alpha value is -4.16. The second-order valence-electron chi connectivity index (χ2n) is 9.52. The van der Waals surface area contributed by atoms with Crippen molar-refractivity contribution < 1.29 is 33.8 Å². The smallest absolute Gasteiger partial charge is 0.323 e. The monoisotopic (exact) mass is 667 g/mol. The van der Waals surface area contributed by atoms with E-state index in [1.807, 2.05) is 48.5 Å². The number of carboxylic acid groups (broad SMARTS) is 1. The van der Waals surface area contributed by atoms with Gasteiger partial charge >= 0.3 is 5.97 Å². The summed E-state index contributed by atoms with van der Waals surface area (Å²) in [4.78, 5) is 11.4. The Labute approximate surface area is 260 Å². The number of methoxy groups -OCH3 is 1. The quantitative estimate of drug-likeness (QED) is 0.137. The third-order valence-electron chi connectivity index (χ3n) is 6.69. The Bertz CT molecular complexity index is 1750. The molecule has 10 nitrogen and oxygen atoms in total. The van der Waals surface area contributed by atoms with Crippen molar-refractivity contribution in [2.24, 2.45) is 0 Å². The molecule has 0 amide bonds. The highest BCUT2D eigenvalue weighted by Gasteiger charge is 2.19. The van der Waals surface area contributed by atoms with Gasteiger partial charge in [0.1, 0.15) is 47.5 Å². The number of ether oxygens (including phenoxy) is 3. The number of carbonyl (C=O) groups is 1. The summed E-state index contributed by atoms with van der Waals surface area (Å²) in [6.07, 6.45) is 0. The first kappa shape index (κ1) is 30.3. The molecule has 4 aromatic carbocycles. The number of fused-ring (bicyclic) bond motifs is 1. The van der Waals surface area contributed by atoms with Crippen LogP contribution in [0.2, 0.25) is 5.02 Å². The molecule has 0 aliphatic rings. The van der Waals surface area contributed by atoms with Crippen LogP contribution in [0.25, 0.3) is 22.2 Å². The minimum atomic E-state index is -1.17. The number of nitrogens with zero attached hydrogens (tertiary/aromatic N) is 2. The SMILES string of the molecule is COc1cccc(-c2cccc(COc3cc(OCc4ccc5nonc5c4)c(CN[C@H](CO)C(=O)O)cc3Cl)c2Br)c1. The average Bonchev–Trinajstić information content (AvgIpc) is 3.49. The maximum atomic E-state index is 11.4. The van der Waals surface area contributed by atoms with Crippen LogP contribution in [0.1, 0.15) is 16.7 Å². The van der Waals surface area contributed by atoms with E-state index in [9.17, 15) is 15.0 Å². The fourth-order valence-electron chi connectivity index (χ4n) is 4.36. The van der Waals surface area contributed by atoms with Gasteiger partial charge < -0.3 is 24.4 Å². The van der Waals surface area contributed by atoms with Crippen molar-refractivity contribution in [2.45, 2.75) is 25.8 Å². The molecular weight excluding hydrogens is 642 g/mol. The lowest BCUT2D eigenvalue weighted by atomic mass is 10.0. The number of rotatable bonds is 13. The summed E-state index contributed by atoms with van der Waals surface area (Å²) < 4.78 is 23.3. The first-order valence-electron chi connectivity index (χ1n) is 13.1. The second-order valence-corrected chi connectivity index (χ2v) is 10.7. The van der Waals surface area contributed by atoms with Crippen LogP contribution in [-0.4, -0.2) is 46.3 Å². The van der Waals surface area contributed by atoms with Gasteiger partial charge in [-0.3, -0.25) is 10.1 Å². The number of carboxylic acids is 1. The van der Waals surface area contributed by atoms with Crippen LogP contribution >= 0.6 is 27.5 Å². The zero-order valence-electron chi connectivity index (χ0n) is 22.9. The maximum Gasteiger partial charge on any atom is 0.323 e. The number of aliphatic hydroxyl groups excluding tert-OH is 1. The van der Waals surface area contributed by atoms with Crippen LogP contribution in [0.5, 0.6) is 17.2 Å². The fraction of sp³-hybridized carbons (Fsp3) is 0.194. The third kappa shape index (κ3) is 7.26. The van der Waals surface area contributed by atoms with Crippen LogP contribution in [0.15, 0.2) is 81.9 Å². The van der Waals surface area contributed by atoms with Gasteiger partial charge in [-0.25, -0.2) is 4.63 Å². The van der Waals surface area contributed by atoms with Crippen molar-refractivity contribution in [1.82, 2.24) is 15.6 Å². The number of benzene rings is 4. The molecular formula is C31H27BrClN3O7. The standard InChI is InChI=1S/C31H27BrClN3O7/c1-40-22-6-2-4-19(11-22)23-7-3-5-20(30(23)32)17-42-29-13-28(21(12-24(29)33)14-34-27(15-37)31(38)39)41-16-18-8-9-25-26(10-18)36-43-35-25/h2-13,27,34,37H,14-17H2,1H3,(H,38,39)/t27-/m1/s1.